The molecule has 0 amide bonds. The van der Waals surface area contributed by atoms with E-state index in [1.807, 2.05) is 25.1 Å². The molecular formula is C29H32N2O7. The van der Waals surface area contributed by atoms with Crippen LogP contribution in [0.2, 0.25) is 0 Å². The number of carbonyl (C=O) groups excluding carboxylic acids is 2. The van der Waals surface area contributed by atoms with E-state index < -0.39 is 16.8 Å². The number of rotatable bonds is 8. The molecule has 38 heavy (non-hydrogen) atoms. The molecule has 0 radical (unpaired) electrons. The summed E-state index contributed by atoms with van der Waals surface area (Å²) in [5.74, 6) is -0.372. The quantitative estimate of drug-likeness (QED) is 0.285. The van der Waals surface area contributed by atoms with Crippen LogP contribution in [-0.4, -0.2) is 37.5 Å². The molecule has 1 aliphatic heterocycles. The van der Waals surface area contributed by atoms with Gasteiger partial charge in [0, 0.05) is 40.9 Å². The molecule has 2 atom stereocenters. The second-order valence-electron chi connectivity index (χ2n) is 9.57. The molecule has 2 aliphatic rings. The molecule has 1 N–H and O–H groups in total. The first kappa shape index (κ1) is 26.9. The third kappa shape index (κ3) is 5.01. The van der Waals surface area contributed by atoms with Crippen LogP contribution >= 0.6 is 0 Å². The molecule has 0 fully saturated rings. The van der Waals surface area contributed by atoms with Gasteiger partial charge in [0.05, 0.1) is 31.3 Å². The van der Waals surface area contributed by atoms with Crippen LogP contribution in [0, 0.1) is 17.0 Å². The van der Waals surface area contributed by atoms with Crippen molar-refractivity contribution >= 4 is 17.4 Å². The third-order valence-electron chi connectivity index (χ3n) is 7.13. The fraction of sp³-hybridized carbons (Fsp3) is 0.379. The van der Waals surface area contributed by atoms with E-state index in [2.05, 4.69) is 5.32 Å². The van der Waals surface area contributed by atoms with Crippen LogP contribution in [0.15, 0.2) is 58.9 Å². The van der Waals surface area contributed by atoms with E-state index in [0.717, 1.165) is 5.56 Å². The number of carbonyl (C=O) groups is 2. The molecular weight excluding hydrogens is 488 g/mol. The van der Waals surface area contributed by atoms with Gasteiger partial charge >= 0.3 is 5.97 Å². The Morgan fingerprint density at radius 3 is 2.42 bits per heavy atom. The highest BCUT2D eigenvalue weighted by Gasteiger charge is 2.42. The lowest BCUT2D eigenvalue weighted by atomic mass is 9.71. The van der Waals surface area contributed by atoms with Gasteiger partial charge in [-0.3, -0.25) is 14.9 Å². The van der Waals surface area contributed by atoms with Crippen molar-refractivity contribution in [1.82, 2.24) is 5.32 Å². The minimum Gasteiger partial charge on any atom is -0.493 e. The fourth-order valence-corrected chi connectivity index (χ4v) is 5.26. The summed E-state index contributed by atoms with van der Waals surface area (Å²) in [6.07, 6.45) is 1.39. The number of aryl methyl sites for hydroxylation is 1. The molecule has 200 valence electrons. The lowest BCUT2D eigenvalue weighted by Crippen LogP contribution is -2.36. The van der Waals surface area contributed by atoms with Gasteiger partial charge in [0.2, 0.25) is 0 Å². The number of allylic oxidation sites excluding steroid dienone is 3. The van der Waals surface area contributed by atoms with Gasteiger partial charge in [-0.15, -0.1) is 0 Å². The molecule has 9 nitrogen and oxygen atoms in total. The van der Waals surface area contributed by atoms with Gasteiger partial charge in [0.25, 0.3) is 5.69 Å². The zero-order valence-corrected chi connectivity index (χ0v) is 22.3. The maximum atomic E-state index is 13.8. The number of methoxy groups -OCH3 is 2. The van der Waals surface area contributed by atoms with Crippen molar-refractivity contribution in [1.29, 1.82) is 0 Å². The molecule has 9 heteroatoms. The van der Waals surface area contributed by atoms with Crippen LogP contribution in [-0.2, 0) is 14.3 Å². The molecule has 0 saturated heterocycles. The lowest BCUT2D eigenvalue weighted by Gasteiger charge is -2.36. The highest BCUT2D eigenvalue weighted by molar-refractivity contribution is 6.04. The number of dihydropyridines is 1. The van der Waals surface area contributed by atoms with Crippen molar-refractivity contribution in [3.8, 4) is 11.5 Å². The zero-order valence-electron chi connectivity index (χ0n) is 22.3. The van der Waals surface area contributed by atoms with Gasteiger partial charge in [-0.25, -0.2) is 4.79 Å². The number of hydrogen-bond donors (Lipinski definition) is 1. The summed E-state index contributed by atoms with van der Waals surface area (Å²) in [5.41, 5.74) is 3.91. The molecule has 1 aliphatic carbocycles. The van der Waals surface area contributed by atoms with Gasteiger partial charge < -0.3 is 19.5 Å². The highest BCUT2D eigenvalue weighted by Crippen LogP contribution is 2.47. The van der Waals surface area contributed by atoms with Crippen LogP contribution in [0.1, 0.15) is 61.6 Å². The second-order valence-corrected chi connectivity index (χ2v) is 9.57. The molecule has 0 unspecified atom stereocenters. The average molecular weight is 521 g/mol. The van der Waals surface area contributed by atoms with Crippen LogP contribution in [0.4, 0.5) is 5.69 Å². The summed E-state index contributed by atoms with van der Waals surface area (Å²) in [4.78, 5) is 38.3. The number of nitrogens with one attached hydrogen (secondary N) is 1. The number of benzene rings is 2. The molecule has 2 aromatic carbocycles. The van der Waals surface area contributed by atoms with Crippen LogP contribution in [0.3, 0.4) is 0 Å². The number of nitrogens with zero attached hydrogens (tertiary/aromatic N) is 1. The summed E-state index contributed by atoms with van der Waals surface area (Å²) in [6.45, 7) is 5.56. The molecule has 4 rings (SSSR count). The second kappa shape index (κ2) is 11.1. The van der Waals surface area contributed by atoms with Gasteiger partial charge in [-0.1, -0.05) is 25.1 Å². The zero-order chi connectivity index (χ0) is 27.6. The van der Waals surface area contributed by atoms with Crippen molar-refractivity contribution < 1.29 is 28.7 Å². The Kier molecular flexibility index (Phi) is 7.85. The molecule has 0 saturated carbocycles. The summed E-state index contributed by atoms with van der Waals surface area (Å²) in [5, 5.41) is 15.0. The monoisotopic (exact) mass is 520 g/mol. The molecule has 1 heterocycles. The van der Waals surface area contributed by atoms with E-state index in [0.29, 0.717) is 58.0 Å². The maximum absolute atomic E-state index is 13.8. The summed E-state index contributed by atoms with van der Waals surface area (Å²) < 4.78 is 16.3. The highest BCUT2D eigenvalue weighted by atomic mass is 16.6. The van der Waals surface area contributed by atoms with Gasteiger partial charge in [-0.05, 0) is 55.9 Å². The Morgan fingerprint density at radius 1 is 1.05 bits per heavy atom. The largest absolute Gasteiger partial charge is 0.493 e. The Balaban J connectivity index is 1.81. The van der Waals surface area contributed by atoms with E-state index >= 15 is 0 Å². The van der Waals surface area contributed by atoms with Crippen molar-refractivity contribution in [2.75, 3.05) is 20.8 Å². The SMILES string of the molecule is CCCOC(=O)C1=C(C)NC2=C(C(=O)C[C@@H](c3ccc(OC)c(OC)c3)C2)[C@H]1c1ccc(C)c([N+](=O)[O-])c1. The van der Waals surface area contributed by atoms with Gasteiger partial charge in [0.15, 0.2) is 17.3 Å². The van der Waals surface area contributed by atoms with Crippen molar-refractivity contribution in [2.24, 2.45) is 0 Å². The summed E-state index contributed by atoms with van der Waals surface area (Å²) in [6, 6.07) is 10.5. The van der Waals surface area contributed by atoms with Gasteiger partial charge in [-0.2, -0.15) is 0 Å². The minimum atomic E-state index is -0.770. The first-order chi connectivity index (χ1) is 18.2. The Morgan fingerprint density at radius 2 is 1.76 bits per heavy atom. The number of nitro benzene ring substituents is 1. The fourth-order valence-electron chi connectivity index (χ4n) is 5.26. The predicted octanol–water partition coefficient (Wildman–Crippen LogP) is 5.24. The first-order valence-corrected chi connectivity index (χ1v) is 12.6. The average Bonchev–Trinajstić information content (AvgIpc) is 2.90. The van der Waals surface area contributed by atoms with E-state index in [4.69, 9.17) is 14.2 Å². The van der Waals surface area contributed by atoms with E-state index in [1.54, 1.807) is 40.2 Å². The van der Waals surface area contributed by atoms with Crippen LogP contribution in [0.5, 0.6) is 11.5 Å². The third-order valence-corrected chi connectivity index (χ3v) is 7.13. The lowest BCUT2D eigenvalue weighted by molar-refractivity contribution is -0.385. The molecule has 0 bridgehead atoms. The van der Waals surface area contributed by atoms with Crippen LogP contribution in [0.25, 0.3) is 0 Å². The number of esters is 1. The summed E-state index contributed by atoms with van der Waals surface area (Å²) >= 11 is 0. The Labute approximate surface area is 221 Å². The minimum absolute atomic E-state index is 0.0615. The van der Waals surface area contributed by atoms with Crippen molar-refractivity contribution in [3.05, 3.63) is 85.7 Å². The smallest absolute Gasteiger partial charge is 0.336 e. The number of ether oxygens (including phenoxy) is 3. The number of ketones is 1. The Hall–Kier alpha value is -4.14. The first-order valence-electron chi connectivity index (χ1n) is 12.6. The number of hydrogen-bond acceptors (Lipinski definition) is 8. The van der Waals surface area contributed by atoms with E-state index in [-0.39, 0.29) is 30.4 Å². The number of nitro groups is 1. The van der Waals surface area contributed by atoms with Gasteiger partial charge in [0.1, 0.15) is 0 Å². The molecule has 0 aromatic heterocycles. The molecule has 2 aromatic rings. The van der Waals surface area contributed by atoms with E-state index in [1.165, 1.54) is 6.07 Å². The maximum Gasteiger partial charge on any atom is 0.336 e. The number of Topliss-reactive ketones (excluding diaryl/α,β-unsaturated/α-hetero) is 1. The normalized spacial score (nSPS) is 19.0. The summed E-state index contributed by atoms with van der Waals surface area (Å²) in [7, 11) is 3.13. The molecule has 0 spiro atoms. The topological polar surface area (TPSA) is 117 Å². The Bertz CT molecular complexity index is 1360. The van der Waals surface area contributed by atoms with Crippen molar-refractivity contribution in [2.45, 2.75) is 51.9 Å². The standard InChI is InChI=1S/C29H32N2O7/c1-6-11-38-29(33)26-17(3)30-21-12-20(18-9-10-24(36-4)25(15-18)37-5)14-23(32)28(21)27(26)19-8-7-16(2)22(13-19)31(34)35/h7-10,13,15,20,27,30H,6,11-12,14H2,1-5H3/t20-,27-/m0/s1. The van der Waals surface area contributed by atoms with Crippen molar-refractivity contribution in [3.63, 3.8) is 0 Å². The van der Waals surface area contributed by atoms with E-state index in [9.17, 15) is 19.7 Å². The predicted molar refractivity (Wildman–Crippen MR) is 141 cm³/mol. The van der Waals surface area contributed by atoms with Crippen LogP contribution < -0.4 is 14.8 Å².